The average molecular weight is 355 g/mol. The first-order chi connectivity index (χ1) is 11.1. The number of amides is 2. The number of rotatable bonds is 3. The van der Waals surface area contributed by atoms with E-state index < -0.39 is 35.2 Å². The molecule has 1 saturated heterocycles. The Labute approximate surface area is 133 Å². The molecule has 1 heterocycles. The zero-order chi connectivity index (χ0) is 18.0. The first kappa shape index (κ1) is 18.4. The maximum absolute atomic E-state index is 12.7. The van der Waals surface area contributed by atoms with Gasteiger partial charge >= 0.3 is 18.4 Å². The maximum atomic E-state index is 12.7. The molecule has 1 atom stereocenters. The van der Waals surface area contributed by atoms with Gasteiger partial charge in [0.1, 0.15) is 0 Å². The monoisotopic (exact) mass is 355 g/mol. The van der Waals surface area contributed by atoms with Crippen LogP contribution in [0.4, 0.5) is 36.8 Å². The highest BCUT2D eigenvalue weighted by Gasteiger charge is 2.37. The molecule has 0 radical (unpaired) electrons. The van der Waals surface area contributed by atoms with Gasteiger partial charge in [-0.25, -0.2) is 4.79 Å². The number of anilines is 1. The fourth-order valence-corrected chi connectivity index (χ4v) is 2.35. The third-order valence-corrected chi connectivity index (χ3v) is 3.52. The predicted molar refractivity (Wildman–Crippen MR) is 74.5 cm³/mol. The summed E-state index contributed by atoms with van der Waals surface area (Å²) >= 11 is 0. The van der Waals surface area contributed by atoms with Crippen molar-refractivity contribution in [2.24, 2.45) is 0 Å². The molecule has 3 N–H and O–H groups in total. The number of halogens is 6. The van der Waals surface area contributed by atoms with Crippen LogP contribution in [0.2, 0.25) is 0 Å². The van der Waals surface area contributed by atoms with Crippen LogP contribution in [0.25, 0.3) is 0 Å². The van der Waals surface area contributed by atoms with Crippen molar-refractivity contribution in [3.8, 4) is 0 Å². The molecule has 1 aliphatic rings. The minimum atomic E-state index is -4.96. The van der Waals surface area contributed by atoms with Crippen molar-refractivity contribution >= 4 is 11.7 Å². The number of hydrogen-bond acceptors (Lipinski definition) is 2. The minimum absolute atomic E-state index is 0.00549. The molecule has 2 amide bonds. The lowest BCUT2D eigenvalue weighted by Gasteiger charge is -2.16. The molecule has 0 aromatic heterocycles. The summed E-state index contributed by atoms with van der Waals surface area (Å²) in [6.45, 7) is 1.04. The van der Waals surface area contributed by atoms with Crippen LogP contribution in [0.3, 0.4) is 0 Å². The Bertz CT molecular complexity index is 561. The van der Waals surface area contributed by atoms with Crippen molar-refractivity contribution in [1.82, 2.24) is 10.6 Å². The van der Waals surface area contributed by atoms with Crippen LogP contribution in [0.15, 0.2) is 18.2 Å². The molecule has 2 rings (SSSR count). The molecule has 0 saturated carbocycles. The summed E-state index contributed by atoms with van der Waals surface area (Å²) in [5.41, 5.74) is -3.54. The molecular formula is C14H15F6N3O. The second-order valence-electron chi connectivity index (χ2n) is 5.42. The molecule has 1 aliphatic heterocycles. The van der Waals surface area contributed by atoms with E-state index in [1.54, 1.807) is 0 Å². The number of alkyl halides is 6. The average Bonchev–Trinajstić information content (AvgIpc) is 2.96. The van der Waals surface area contributed by atoms with Gasteiger partial charge in [0.05, 0.1) is 11.1 Å². The fourth-order valence-electron chi connectivity index (χ4n) is 2.35. The van der Waals surface area contributed by atoms with E-state index in [0.717, 1.165) is 19.4 Å². The van der Waals surface area contributed by atoms with Crippen LogP contribution in [0.1, 0.15) is 24.0 Å². The van der Waals surface area contributed by atoms with Crippen molar-refractivity contribution < 1.29 is 31.1 Å². The van der Waals surface area contributed by atoms with E-state index in [2.05, 4.69) is 10.6 Å². The lowest BCUT2D eigenvalue weighted by molar-refractivity contribution is -0.143. The largest absolute Gasteiger partial charge is 0.416 e. The van der Waals surface area contributed by atoms with Crippen LogP contribution in [0, 0.1) is 0 Å². The van der Waals surface area contributed by atoms with Gasteiger partial charge in [-0.2, -0.15) is 26.3 Å². The van der Waals surface area contributed by atoms with Gasteiger partial charge in [-0.05, 0) is 37.6 Å². The molecule has 10 heteroatoms. The number of hydrogen-bond donors (Lipinski definition) is 3. The van der Waals surface area contributed by atoms with Crippen LogP contribution in [-0.4, -0.2) is 25.2 Å². The van der Waals surface area contributed by atoms with Gasteiger partial charge in [-0.3, -0.25) is 0 Å². The van der Waals surface area contributed by atoms with Gasteiger partial charge in [0, 0.05) is 18.3 Å². The standard InChI is InChI=1S/C14H15F6N3O/c15-13(16,17)8-4-9(14(18,19)20)6-11(5-8)23-12(24)22-7-10-2-1-3-21-10/h4-6,10,21H,1-3,7H2,(H2,22,23,24)/t10-/m0/s1. The Morgan fingerprint density at radius 2 is 1.67 bits per heavy atom. The lowest BCUT2D eigenvalue weighted by Crippen LogP contribution is -2.39. The zero-order valence-corrected chi connectivity index (χ0v) is 12.3. The smallest absolute Gasteiger partial charge is 0.336 e. The number of nitrogens with one attached hydrogen (secondary N) is 3. The van der Waals surface area contributed by atoms with Crippen molar-refractivity contribution in [2.75, 3.05) is 18.4 Å². The minimum Gasteiger partial charge on any atom is -0.336 e. The summed E-state index contributed by atoms with van der Waals surface area (Å²) < 4.78 is 76.3. The molecule has 1 aromatic carbocycles. The number of carbonyl (C=O) groups excluding carboxylic acids is 1. The van der Waals surface area contributed by atoms with Crippen molar-refractivity contribution in [3.63, 3.8) is 0 Å². The molecule has 1 aromatic rings. The van der Waals surface area contributed by atoms with E-state index in [4.69, 9.17) is 0 Å². The summed E-state index contributed by atoms with van der Waals surface area (Å²) in [6, 6.07) is 0.107. The van der Waals surface area contributed by atoms with Gasteiger partial charge < -0.3 is 16.0 Å². The Balaban J connectivity index is 2.11. The first-order valence-electron chi connectivity index (χ1n) is 7.13. The van der Waals surface area contributed by atoms with E-state index in [9.17, 15) is 31.1 Å². The fraction of sp³-hybridized carbons (Fsp3) is 0.500. The molecule has 24 heavy (non-hydrogen) atoms. The van der Waals surface area contributed by atoms with Gasteiger partial charge in [-0.15, -0.1) is 0 Å². The first-order valence-corrected chi connectivity index (χ1v) is 7.13. The van der Waals surface area contributed by atoms with Crippen LogP contribution >= 0.6 is 0 Å². The number of benzene rings is 1. The summed E-state index contributed by atoms with van der Waals surface area (Å²) in [7, 11) is 0. The van der Waals surface area contributed by atoms with Gasteiger partial charge in [-0.1, -0.05) is 0 Å². The van der Waals surface area contributed by atoms with Gasteiger partial charge in [0.2, 0.25) is 0 Å². The molecular weight excluding hydrogens is 340 g/mol. The normalized spacial score (nSPS) is 18.5. The Hall–Kier alpha value is -1.97. The number of carbonyl (C=O) groups is 1. The molecule has 0 bridgehead atoms. The maximum Gasteiger partial charge on any atom is 0.416 e. The number of urea groups is 1. The third kappa shape index (κ3) is 5.02. The Kier molecular flexibility index (Phi) is 5.26. The second kappa shape index (κ2) is 6.88. The summed E-state index contributed by atoms with van der Waals surface area (Å²) in [6.07, 6.45) is -8.14. The van der Waals surface area contributed by atoms with E-state index in [0.29, 0.717) is 12.1 Å². The molecule has 0 spiro atoms. The SMILES string of the molecule is O=C(NC[C@@H]1CCCN1)Nc1cc(C(F)(F)F)cc(C(F)(F)F)c1. The molecule has 0 aliphatic carbocycles. The predicted octanol–water partition coefficient (Wildman–Crippen LogP) is 3.60. The van der Waals surface area contributed by atoms with Crippen LogP contribution in [0.5, 0.6) is 0 Å². The molecule has 1 fully saturated rings. The Morgan fingerprint density at radius 3 is 2.12 bits per heavy atom. The second-order valence-corrected chi connectivity index (χ2v) is 5.42. The highest BCUT2D eigenvalue weighted by molar-refractivity contribution is 5.89. The summed E-state index contributed by atoms with van der Waals surface area (Å²) in [5, 5.41) is 7.52. The van der Waals surface area contributed by atoms with E-state index in [1.807, 2.05) is 5.32 Å². The molecule has 4 nitrogen and oxygen atoms in total. The quantitative estimate of drug-likeness (QED) is 0.726. The van der Waals surface area contributed by atoms with Crippen LogP contribution in [-0.2, 0) is 12.4 Å². The summed E-state index contributed by atoms with van der Waals surface area (Å²) in [5.74, 6) is 0. The highest BCUT2D eigenvalue weighted by Crippen LogP contribution is 2.37. The van der Waals surface area contributed by atoms with E-state index in [1.165, 1.54) is 0 Å². The highest BCUT2D eigenvalue weighted by atomic mass is 19.4. The third-order valence-electron chi connectivity index (χ3n) is 3.52. The zero-order valence-electron chi connectivity index (χ0n) is 12.3. The van der Waals surface area contributed by atoms with E-state index >= 15 is 0 Å². The van der Waals surface area contributed by atoms with Crippen LogP contribution < -0.4 is 16.0 Å². The van der Waals surface area contributed by atoms with Crippen molar-refractivity contribution in [1.29, 1.82) is 0 Å². The lowest BCUT2D eigenvalue weighted by atomic mass is 10.1. The van der Waals surface area contributed by atoms with Gasteiger partial charge in [0.25, 0.3) is 0 Å². The topological polar surface area (TPSA) is 53.2 Å². The molecule has 134 valence electrons. The van der Waals surface area contributed by atoms with E-state index in [-0.39, 0.29) is 18.7 Å². The van der Waals surface area contributed by atoms with Crippen molar-refractivity contribution in [3.05, 3.63) is 29.3 Å². The summed E-state index contributed by atoms with van der Waals surface area (Å²) in [4.78, 5) is 11.7. The molecule has 0 unspecified atom stereocenters. The Morgan fingerprint density at radius 1 is 1.08 bits per heavy atom. The van der Waals surface area contributed by atoms with Crippen molar-refractivity contribution in [2.45, 2.75) is 31.2 Å². The van der Waals surface area contributed by atoms with Gasteiger partial charge in [0.15, 0.2) is 0 Å².